The SMILES string of the molecule is Cc1cc(Oc2ccccc2)ccc1N1CCC(Oc2ncccc2Cl)C1. The Morgan fingerprint density at radius 3 is 2.67 bits per heavy atom. The molecular weight excluding hydrogens is 360 g/mol. The van der Waals surface area contributed by atoms with Gasteiger partial charge in [-0.25, -0.2) is 4.98 Å². The second kappa shape index (κ2) is 7.89. The summed E-state index contributed by atoms with van der Waals surface area (Å²) in [5.41, 5.74) is 2.38. The lowest BCUT2D eigenvalue weighted by atomic mass is 10.1. The van der Waals surface area contributed by atoms with E-state index < -0.39 is 0 Å². The predicted octanol–water partition coefficient (Wildman–Crippen LogP) is 5.49. The minimum atomic E-state index is 0.0806. The molecular formula is C22H21ClN2O2. The number of benzene rings is 2. The van der Waals surface area contributed by atoms with Crippen LogP contribution in [0.4, 0.5) is 5.69 Å². The van der Waals surface area contributed by atoms with Crippen LogP contribution in [0.3, 0.4) is 0 Å². The molecule has 0 bridgehead atoms. The average molecular weight is 381 g/mol. The Labute approximate surface area is 164 Å². The summed E-state index contributed by atoms with van der Waals surface area (Å²) in [6, 6.07) is 19.6. The summed E-state index contributed by atoms with van der Waals surface area (Å²) in [4.78, 5) is 6.56. The number of para-hydroxylation sites is 1. The number of ether oxygens (including phenoxy) is 2. The van der Waals surface area contributed by atoms with E-state index in [9.17, 15) is 0 Å². The number of hydrogen-bond donors (Lipinski definition) is 0. The summed E-state index contributed by atoms with van der Waals surface area (Å²) in [6.45, 7) is 3.86. The molecule has 1 aliphatic heterocycles. The monoisotopic (exact) mass is 380 g/mol. The van der Waals surface area contributed by atoms with Crippen LogP contribution < -0.4 is 14.4 Å². The van der Waals surface area contributed by atoms with Crippen molar-refractivity contribution in [1.29, 1.82) is 0 Å². The van der Waals surface area contributed by atoms with Gasteiger partial charge in [0.05, 0.1) is 6.54 Å². The number of halogens is 1. The van der Waals surface area contributed by atoms with Gasteiger partial charge in [0.25, 0.3) is 0 Å². The van der Waals surface area contributed by atoms with E-state index in [1.807, 2.05) is 36.4 Å². The maximum Gasteiger partial charge on any atom is 0.232 e. The highest BCUT2D eigenvalue weighted by molar-refractivity contribution is 6.31. The van der Waals surface area contributed by atoms with Crippen LogP contribution in [0.5, 0.6) is 17.4 Å². The quantitative estimate of drug-likeness (QED) is 0.586. The molecule has 1 aromatic heterocycles. The molecule has 2 aromatic carbocycles. The fourth-order valence-electron chi connectivity index (χ4n) is 3.33. The molecule has 0 aliphatic carbocycles. The minimum absolute atomic E-state index is 0.0806. The van der Waals surface area contributed by atoms with Crippen molar-refractivity contribution in [3.05, 3.63) is 77.4 Å². The molecule has 4 nitrogen and oxygen atoms in total. The van der Waals surface area contributed by atoms with Gasteiger partial charge in [-0.2, -0.15) is 0 Å². The summed E-state index contributed by atoms with van der Waals surface area (Å²) in [5, 5.41) is 0.551. The maximum atomic E-state index is 6.15. The van der Waals surface area contributed by atoms with Gasteiger partial charge in [-0.1, -0.05) is 29.8 Å². The zero-order valence-corrected chi connectivity index (χ0v) is 15.9. The largest absolute Gasteiger partial charge is 0.471 e. The molecule has 4 rings (SSSR count). The summed E-state index contributed by atoms with van der Waals surface area (Å²) < 4.78 is 11.9. The van der Waals surface area contributed by atoms with Crippen LogP contribution in [-0.4, -0.2) is 24.2 Å². The lowest BCUT2D eigenvalue weighted by Crippen LogP contribution is -2.25. The Morgan fingerprint density at radius 1 is 1.04 bits per heavy atom. The Kier molecular flexibility index (Phi) is 5.16. The molecule has 138 valence electrons. The number of anilines is 1. The molecule has 1 atom stereocenters. The Bertz CT molecular complexity index is 917. The molecule has 1 saturated heterocycles. The van der Waals surface area contributed by atoms with Crippen LogP contribution in [0.15, 0.2) is 66.9 Å². The first-order valence-electron chi connectivity index (χ1n) is 9.05. The number of nitrogens with zero attached hydrogens (tertiary/aromatic N) is 2. The van der Waals surface area contributed by atoms with Crippen LogP contribution in [0.2, 0.25) is 5.02 Å². The first-order chi connectivity index (χ1) is 13.2. The highest BCUT2D eigenvalue weighted by Crippen LogP contribution is 2.31. The average Bonchev–Trinajstić information content (AvgIpc) is 3.13. The third kappa shape index (κ3) is 4.17. The molecule has 1 aliphatic rings. The van der Waals surface area contributed by atoms with E-state index in [2.05, 4.69) is 28.9 Å². The van der Waals surface area contributed by atoms with Crippen molar-refractivity contribution < 1.29 is 9.47 Å². The van der Waals surface area contributed by atoms with Crippen molar-refractivity contribution in [2.75, 3.05) is 18.0 Å². The molecule has 2 heterocycles. The third-order valence-corrected chi connectivity index (χ3v) is 4.92. The van der Waals surface area contributed by atoms with Gasteiger partial charge in [0.15, 0.2) is 0 Å². The van der Waals surface area contributed by atoms with E-state index in [1.165, 1.54) is 11.3 Å². The summed E-state index contributed by atoms with van der Waals surface area (Å²) in [6.07, 6.45) is 2.72. The molecule has 0 spiro atoms. The first-order valence-corrected chi connectivity index (χ1v) is 9.42. The van der Waals surface area contributed by atoms with Crippen molar-refractivity contribution in [2.24, 2.45) is 0 Å². The lowest BCUT2D eigenvalue weighted by Gasteiger charge is -2.21. The first kappa shape index (κ1) is 17.7. The standard InChI is InChI=1S/C22H21ClN2O2/c1-16-14-18(26-17-6-3-2-4-7-17)9-10-21(16)25-13-11-19(15-25)27-22-20(23)8-5-12-24-22/h2-10,12,14,19H,11,13,15H2,1H3. The fraction of sp³-hybridized carbons (Fsp3) is 0.227. The van der Waals surface area contributed by atoms with Crippen molar-refractivity contribution in [3.63, 3.8) is 0 Å². The second-order valence-electron chi connectivity index (χ2n) is 6.63. The smallest absolute Gasteiger partial charge is 0.232 e. The zero-order chi connectivity index (χ0) is 18.6. The fourth-order valence-corrected chi connectivity index (χ4v) is 3.50. The highest BCUT2D eigenvalue weighted by atomic mass is 35.5. The number of rotatable bonds is 5. The third-order valence-electron chi connectivity index (χ3n) is 4.64. The van der Waals surface area contributed by atoms with E-state index in [0.29, 0.717) is 10.9 Å². The number of pyridine rings is 1. The van der Waals surface area contributed by atoms with Gasteiger partial charge in [-0.05, 0) is 55.0 Å². The van der Waals surface area contributed by atoms with Crippen molar-refractivity contribution in [2.45, 2.75) is 19.4 Å². The van der Waals surface area contributed by atoms with Gasteiger partial charge >= 0.3 is 0 Å². The molecule has 1 fully saturated rings. The van der Waals surface area contributed by atoms with Crippen LogP contribution in [0.25, 0.3) is 0 Å². The van der Waals surface area contributed by atoms with E-state index in [-0.39, 0.29) is 6.10 Å². The summed E-state index contributed by atoms with van der Waals surface area (Å²) in [5.74, 6) is 2.19. The topological polar surface area (TPSA) is 34.6 Å². The van der Waals surface area contributed by atoms with E-state index in [0.717, 1.165) is 31.0 Å². The molecule has 27 heavy (non-hydrogen) atoms. The summed E-state index contributed by atoms with van der Waals surface area (Å²) >= 11 is 6.15. The normalized spacial score (nSPS) is 16.4. The van der Waals surface area contributed by atoms with Gasteiger partial charge in [0, 0.05) is 24.8 Å². The molecule has 0 saturated carbocycles. The Balaban J connectivity index is 1.42. The Hall–Kier alpha value is -2.72. The van der Waals surface area contributed by atoms with E-state index >= 15 is 0 Å². The lowest BCUT2D eigenvalue weighted by molar-refractivity contribution is 0.216. The van der Waals surface area contributed by atoms with Gasteiger partial charge in [-0.15, -0.1) is 0 Å². The zero-order valence-electron chi connectivity index (χ0n) is 15.1. The predicted molar refractivity (Wildman–Crippen MR) is 108 cm³/mol. The molecule has 0 N–H and O–H groups in total. The minimum Gasteiger partial charge on any atom is -0.471 e. The van der Waals surface area contributed by atoms with Crippen molar-refractivity contribution in [1.82, 2.24) is 4.98 Å². The van der Waals surface area contributed by atoms with E-state index in [4.69, 9.17) is 21.1 Å². The molecule has 5 heteroatoms. The van der Waals surface area contributed by atoms with Crippen LogP contribution in [0.1, 0.15) is 12.0 Å². The number of aryl methyl sites for hydroxylation is 1. The van der Waals surface area contributed by atoms with Crippen LogP contribution >= 0.6 is 11.6 Å². The van der Waals surface area contributed by atoms with Gasteiger partial charge < -0.3 is 14.4 Å². The van der Waals surface area contributed by atoms with Crippen LogP contribution in [0, 0.1) is 6.92 Å². The number of aromatic nitrogens is 1. The maximum absolute atomic E-state index is 6.15. The van der Waals surface area contributed by atoms with E-state index in [1.54, 1.807) is 18.3 Å². The van der Waals surface area contributed by atoms with Crippen LogP contribution in [-0.2, 0) is 0 Å². The number of hydrogen-bond acceptors (Lipinski definition) is 4. The highest BCUT2D eigenvalue weighted by Gasteiger charge is 2.26. The van der Waals surface area contributed by atoms with Gasteiger partial charge in [0.2, 0.25) is 5.88 Å². The summed E-state index contributed by atoms with van der Waals surface area (Å²) in [7, 11) is 0. The van der Waals surface area contributed by atoms with Gasteiger partial charge in [-0.3, -0.25) is 0 Å². The van der Waals surface area contributed by atoms with Gasteiger partial charge in [0.1, 0.15) is 22.6 Å². The molecule has 1 unspecified atom stereocenters. The van der Waals surface area contributed by atoms with Crippen molar-refractivity contribution in [3.8, 4) is 17.4 Å². The second-order valence-corrected chi connectivity index (χ2v) is 7.04. The Morgan fingerprint density at radius 2 is 1.89 bits per heavy atom. The molecule has 0 radical (unpaired) electrons. The van der Waals surface area contributed by atoms with Crippen molar-refractivity contribution >= 4 is 17.3 Å². The molecule has 0 amide bonds. The molecule has 3 aromatic rings.